The Morgan fingerprint density at radius 1 is 1.64 bits per heavy atom. The molecule has 0 saturated heterocycles. The predicted molar refractivity (Wildman–Crippen MR) is 55.2 cm³/mol. The van der Waals surface area contributed by atoms with Crippen LogP contribution in [0, 0.1) is 12.7 Å². The highest BCUT2D eigenvalue weighted by Crippen LogP contribution is 2.30. The minimum absolute atomic E-state index is 0.137. The van der Waals surface area contributed by atoms with E-state index in [0.717, 1.165) is 0 Å². The Morgan fingerprint density at radius 3 is 2.71 bits per heavy atom. The molecule has 0 bridgehead atoms. The van der Waals surface area contributed by atoms with Crippen LogP contribution in [0.1, 0.15) is 15.9 Å². The number of ether oxygens (including phenoxy) is 1. The first-order valence-corrected chi connectivity index (χ1v) is 4.88. The number of hydrogen-bond acceptors (Lipinski definition) is 2. The molecule has 0 aromatic heterocycles. The zero-order valence-electron chi connectivity index (χ0n) is 7.53. The number of halogens is 3. The topological polar surface area (TPSA) is 26.3 Å². The highest BCUT2D eigenvalue weighted by molar-refractivity contribution is 9.10. The van der Waals surface area contributed by atoms with Crippen molar-refractivity contribution in [1.29, 1.82) is 0 Å². The molecule has 0 aliphatic heterocycles. The van der Waals surface area contributed by atoms with E-state index in [0.29, 0.717) is 0 Å². The van der Waals surface area contributed by atoms with E-state index < -0.39 is 11.8 Å². The zero-order valence-corrected chi connectivity index (χ0v) is 9.87. The van der Waals surface area contributed by atoms with Crippen LogP contribution in [0.15, 0.2) is 10.5 Å². The van der Waals surface area contributed by atoms with E-state index >= 15 is 0 Å². The number of carbonyl (C=O) groups is 1. The molecule has 76 valence electrons. The van der Waals surface area contributed by atoms with Gasteiger partial charge in [-0.2, -0.15) is 0 Å². The van der Waals surface area contributed by atoms with Gasteiger partial charge in [0.05, 0.1) is 22.2 Å². The smallest absolute Gasteiger partial charge is 0.338 e. The lowest BCUT2D eigenvalue weighted by atomic mass is 10.1. The molecule has 2 nitrogen and oxygen atoms in total. The number of methoxy groups -OCH3 is 1. The molecular weight excluding hydrogens is 274 g/mol. The van der Waals surface area contributed by atoms with Gasteiger partial charge < -0.3 is 4.74 Å². The van der Waals surface area contributed by atoms with E-state index in [-0.39, 0.29) is 20.6 Å². The summed E-state index contributed by atoms with van der Waals surface area (Å²) in [7, 11) is 1.23. The average Bonchev–Trinajstić information content (AvgIpc) is 2.19. The maximum atomic E-state index is 13.4. The molecule has 0 atom stereocenters. The van der Waals surface area contributed by atoms with Crippen molar-refractivity contribution in [2.45, 2.75) is 6.92 Å². The van der Waals surface area contributed by atoms with E-state index in [1.165, 1.54) is 20.1 Å². The van der Waals surface area contributed by atoms with Crippen molar-refractivity contribution in [3.05, 3.63) is 32.5 Å². The minimum Gasteiger partial charge on any atom is -0.465 e. The van der Waals surface area contributed by atoms with Crippen molar-refractivity contribution >= 4 is 33.5 Å². The van der Waals surface area contributed by atoms with Gasteiger partial charge >= 0.3 is 5.97 Å². The number of esters is 1. The third kappa shape index (κ3) is 1.91. The molecule has 0 heterocycles. The van der Waals surface area contributed by atoms with Gasteiger partial charge in [0, 0.05) is 5.56 Å². The summed E-state index contributed by atoms with van der Waals surface area (Å²) in [5.74, 6) is -1.14. The number of carbonyl (C=O) groups excluding carboxylic acids is 1. The largest absolute Gasteiger partial charge is 0.465 e. The minimum atomic E-state index is -0.601. The van der Waals surface area contributed by atoms with E-state index in [1.54, 1.807) is 0 Å². The van der Waals surface area contributed by atoms with E-state index in [2.05, 4.69) is 20.7 Å². The molecule has 0 fully saturated rings. The second-order valence-electron chi connectivity index (χ2n) is 2.65. The second kappa shape index (κ2) is 4.28. The number of rotatable bonds is 1. The Bertz CT molecular complexity index is 393. The molecular formula is C9H7BrClFO2. The van der Waals surface area contributed by atoms with Crippen LogP contribution in [-0.4, -0.2) is 13.1 Å². The summed E-state index contributed by atoms with van der Waals surface area (Å²) in [4.78, 5) is 11.2. The average molecular weight is 282 g/mol. The SMILES string of the molecule is COC(=O)c1cc(Cl)c(Br)c(F)c1C. The van der Waals surface area contributed by atoms with Gasteiger partial charge in [-0.15, -0.1) is 0 Å². The summed E-state index contributed by atoms with van der Waals surface area (Å²) in [6, 6.07) is 1.37. The standard InChI is InChI=1S/C9H7BrClFO2/c1-4-5(9(13)14-2)3-6(11)7(10)8(4)12/h3H,1-2H3. The Hall–Kier alpha value is -0.610. The van der Waals surface area contributed by atoms with Gasteiger partial charge in [0.2, 0.25) is 0 Å². The summed E-state index contributed by atoms with van der Waals surface area (Å²) in [5.41, 5.74) is 0.353. The summed E-state index contributed by atoms with van der Waals surface area (Å²) >= 11 is 8.67. The molecule has 0 radical (unpaired) electrons. The van der Waals surface area contributed by atoms with Crippen molar-refractivity contribution in [3.8, 4) is 0 Å². The molecule has 5 heteroatoms. The van der Waals surface area contributed by atoms with E-state index in [1.807, 2.05) is 0 Å². The maximum Gasteiger partial charge on any atom is 0.338 e. The molecule has 0 spiro atoms. The zero-order chi connectivity index (χ0) is 10.9. The second-order valence-corrected chi connectivity index (χ2v) is 3.85. The lowest BCUT2D eigenvalue weighted by Gasteiger charge is -2.07. The molecule has 0 N–H and O–H groups in total. The Morgan fingerprint density at radius 2 is 2.21 bits per heavy atom. The monoisotopic (exact) mass is 280 g/mol. The summed E-state index contributed by atoms with van der Waals surface area (Å²) in [5, 5.41) is 0.147. The van der Waals surface area contributed by atoms with E-state index in [4.69, 9.17) is 11.6 Å². The van der Waals surface area contributed by atoms with Crippen LogP contribution >= 0.6 is 27.5 Å². The summed E-state index contributed by atoms with van der Waals surface area (Å²) in [6.07, 6.45) is 0. The summed E-state index contributed by atoms with van der Waals surface area (Å²) in [6.45, 7) is 1.49. The van der Waals surface area contributed by atoms with Crippen molar-refractivity contribution < 1.29 is 13.9 Å². The van der Waals surface area contributed by atoms with Gasteiger partial charge in [-0.25, -0.2) is 9.18 Å². The fraction of sp³-hybridized carbons (Fsp3) is 0.222. The van der Waals surface area contributed by atoms with Crippen LogP contribution in [0.4, 0.5) is 4.39 Å². The van der Waals surface area contributed by atoms with Crippen LogP contribution in [0.25, 0.3) is 0 Å². The third-order valence-corrected chi connectivity index (χ3v) is 3.11. The van der Waals surface area contributed by atoms with E-state index in [9.17, 15) is 9.18 Å². The van der Waals surface area contributed by atoms with Gasteiger partial charge in [-0.3, -0.25) is 0 Å². The van der Waals surface area contributed by atoms with Gasteiger partial charge in [0.15, 0.2) is 0 Å². The predicted octanol–water partition coefficient (Wildman–Crippen LogP) is 3.34. The van der Waals surface area contributed by atoms with Crippen molar-refractivity contribution in [2.75, 3.05) is 7.11 Å². The Kier molecular flexibility index (Phi) is 3.50. The van der Waals surface area contributed by atoms with Crippen LogP contribution in [0.2, 0.25) is 5.02 Å². The molecule has 0 saturated carbocycles. The van der Waals surface area contributed by atoms with Gasteiger partial charge in [-0.05, 0) is 28.9 Å². The van der Waals surface area contributed by atoms with Gasteiger partial charge in [0.1, 0.15) is 5.82 Å². The Balaban J connectivity index is 3.40. The molecule has 0 unspecified atom stereocenters. The molecule has 1 aromatic carbocycles. The summed E-state index contributed by atoms with van der Waals surface area (Å²) < 4.78 is 18.1. The van der Waals surface area contributed by atoms with Crippen LogP contribution in [-0.2, 0) is 4.74 Å². The molecule has 0 aliphatic carbocycles. The Labute approximate surface area is 94.1 Å². The molecule has 1 rings (SSSR count). The first-order valence-electron chi connectivity index (χ1n) is 3.71. The fourth-order valence-electron chi connectivity index (χ4n) is 1.01. The molecule has 1 aromatic rings. The van der Waals surface area contributed by atoms with Gasteiger partial charge in [-0.1, -0.05) is 11.6 Å². The molecule has 0 amide bonds. The lowest BCUT2D eigenvalue weighted by Crippen LogP contribution is -2.05. The highest BCUT2D eigenvalue weighted by Gasteiger charge is 2.17. The van der Waals surface area contributed by atoms with Gasteiger partial charge in [0.25, 0.3) is 0 Å². The maximum absolute atomic E-state index is 13.4. The van der Waals surface area contributed by atoms with Crippen LogP contribution < -0.4 is 0 Å². The van der Waals surface area contributed by atoms with Crippen LogP contribution in [0.5, 0.6) is 0 Å². The first kappa shape index (κ1) is 11.5. The first-order chi connectivity index (χ1) is 6.49. The lowest BCUT2D eigenvalue weighted by molar-refractivity contribution is 0.0599. The third-order valence-electron chi connectivity index (χ3n) is 1.81. The normalized spacial score (nSPS) is 10.1. The van der Waals surface area contributed by atoms with Crippen LogP contribution in [0.3, 0.4) is 0 Å². The van der Waals surface area contributed by atoms with Crippen molar-refractivity contribution in [3.63, 3.8) is 0 Å². The molecule has 14 heavy (non-hydrogen) atoms. The quantitative estimate of drug-likeness (QED) is 0.583. The van der Waals surface area contributed by atoms with Crippen molar-refractivity contribution in [2.24, 2.45) is 0 Å². The highest BCUT2D eigenvalue weighted by atomic mass is 79.9. The number of hydrogen-bond donors (Lipinski definition) is 0. The van der Waals surface area contributed by atoms with Crippen molar-refractivity contribution in [1.82, 2.24) is 0 Å². The number of benzene rings is 1. The fourth-order valence-corrected chi connectivity index (χ4v) is 1.61. The molecule has 0 aliphatic rings.